The van der Waals surface area contributed by atoms with E-state index in [0.717, 1.165) is 5.75 Å². The first kappa shape index (κ1) is 2.29. The van der Waals surface area contributed by atoms with Crippen LogP contribution in [-0.2, 0) is 0 Å². The molecule has 0 aromatic carbocycles. The van der Waals surface area contributed by atoms with E-state index in [1.807, 2.05) is 0 Å². The molecule has 0 amide bonds. The summed E-state index contributed by atoms with van der Waals surface area (Å²) in [4.78, 5) is 0. The minimum Gasteiger partial charge on any atom is -0.431 e. The predicted molar refractivity (Wildman–Crippen MR) is 18.8 cm³/mol. The number of furan rings is 1. The van der Waals surface area contributed by atoms with E-state index in [9.17, 15) is 0 Å². The summed E-state index contributed by atoms with van der Waals surface area (Å²) in [7, 11) is 0. The SMILES string of the molecule is c1cc2c(o1)O2. The fourth-order valence-corrected chi connectivity index (χ4v) is 0.416. The Bertz CT molecular complexity index is 149. The molecule has 1 aromatic heterocycles. The summed E-state index contributed by atoms with van der Waals surface area (Å²) in [6.07, 6.45) is 1.61. The van der Waals surface area contributed by atoms with Gasteiger partial charge in [-0.15, -0.1) is 0 Å². The van der Waals surface area contributed by atoms with Gasteiger partial charge in [0, 0.05) is 6.07 Å². The minimum absolute atomic E-state index is 0.676. The molecule has 1 aliphatic heterocycles. The highest BCUT2D eigenvalue weighted by Crippen LogP contribution is 2.45. The zero-order chi connectivity index (χ0) is 3.98. The van der Waals surface area contributed by atoms with Crippen LogP contribution in [0, 0.1) is 0 Å². The molecule has 1 aromatic rings. The van der Waals surface area contributed by atoms with Crippen molar-refractivity contribution in [3.05, 3.63) is 12.3 Å². The van der Waals surface area contributed by atoms with Gasteiger partial charge >= 0.3 is 5.95 Å². The van der Waals surface area contributed by atoms with Gasteiger partial charge in [-0.3, -0.25) is 0 Å². The summed E-state index contributed by atoms with van der Waals surface area (Å²) in [5, 5.41) is 0. The Kier molecular flexibility index (Phi) is 0.179. The first-order chi connectivity index (χ1) is 2.97. The Morgan fingerprint density at radius 1 is 1.50 bits per heavy atom. The number of hydrogen-bond donors (Lipinski definition) is 0. The molecule has 2 heteroatoms. The number of rotatable bonds is 0. The third-order valence-electron chi connectivity index (χ3n) is 0.757. The predicted octanol–water partition coefficient (Wildman–Crippen LogP) is 1.39. The maximum atomic E-state index is 4.70. The van der Waals surface area contributed by atoms with Gasteiger partial charge < -0.3 is 9.15 Å². The molecule has 0 unspecified atom stereocenters. The van der Waals surface area contributed by atoms with Crippen LogP contribution in [-0.4, -0.2) is 0 Å². The molecular weight excluding hydrogens is 80.0 g/mol. The zero-order valence-corrected chi connectivity index (χ0v) is 2.97. The lowest BCUT2D eigenvalue weighted by molar-refractivity contribution is 0.451. The first-order valence-electron chi connectivity index (χ1n) is 1.72. The Hall–Kier alpha value is -0.920. The van der Waals surface area contributed by atoms with Crippen molar-refractivity contribution in [1.29, 1.82) is 0 Å². The first-order valence-corrected chi connectivity index (χ1v) is 1.72. The van der Waals surface area contributed by atoms with E-state index in [-0.39, 0.29) is 0 Å². The van der Waals surface area contributed by atoms with Gasteiger partial charge in [0.2, 0.25) is 5.75 Å². The van der Waals surface area contributed by atoms with E-state index in [0.29, 0.717) is 5.95 Å². The molecule has 2 nitrogen and oxygen atoms in total. The maximum Gasteiger partial charge on any atom is 0.335 e. The van der Waals surface area contributed by atoms with Gasteiger partial charge in [-0.25, -0.2) is 0 Å². The normalized spacial score (nSPS) is 12.7. The van der Waals surface area contributed by atoms with Gasteiger partial charge in [-0.1, -0.05) is 0 Å². The van der Waals surface area contributed by atoms with E-state index >= 15 is 0 Å². The zero-order valence-electron chi connectivity index (χ0n) is 2.97. The number of ether oxygens (including phenoxy) is 1. The fourth-order valence-electron chi connectivity index (χ4n) is 0.416. The summed E-state index contributed by atoms with van der Waals surface area (Å²) in [5.41, 5.74) is 0. The smallest absolute Gasteiger partial charge is 0.335 e. The van der Waals surface area contributed by atoms with Crippen molar-refractivity contribution < 1.29 is 9.15 Å². The van der Waals surface area contributed by atoms with Crippen LogP contribution < -0.4 is 4.74 Å². The summed E-state index contributed by atoms with van der Waals surface area (Å²) >= 11 is 0. The molecule has 0 fully saturated rings. The van der Waals surface area contributed by atoms with Crippen molar-refractivity contribution in [3.63, 3.8) is 0 Å². The van der Waals surface area contributed by atoms with Crippen molar-refractivity contribution in [2.24, 2.45) is 0 Å². The van der Waals surface area contributed by atoms with Crippen LogP contribution in [0.5, 0.6) is 11.7 Å². The molecule has 2 rings (SSSR count). The second-order valence-electron chi connectivity index (χ2n) is 1.17. The van der Waals surface area contributed by atoms with Crippen molar-refractivity contribution >= 4 is 0 Å². The van der Waals surface area contributed by atoms with Crippen LogP contribution in [0.1, 0.15) is 0 Å². The number of hydrogen-bond acceptors (Lipinski definition) is 2. The molecule has 0 spiro atoms. The van der Waals surface area contributed by atoms with Crippen LogP contribution in [0.4, 0.5) is 0 Å². The Morgan fingerprint density at radius 3 is 2.67 bits per heavy atom. The molecule has 1 aliphatic rings. The van der Waals surface area contributed by atoms with Crippen LogP contribution in [0.25, 0.3) is 0 Å². The topological polar surface area (TPSA) is 25.7 Å². The summed E-state index contributed by atoms with van der Waals surface area (Å²) in [6.45, 7) is 0. The second-order valence-corrected chi connectivity index (χ2v) is 1.17. The van der Waals surface area contributed by atoms with Crippen molar-refractivity contribution in [1.82, 2.24) is 0 Å². The highest BCUT2D eigenvalue weighted by molar-refractivity contribution is 5.45. The lowest BCUT2D eigenvalue weighted by Crippen LogP contribution is -1.45. The lowest BCUT2D eigenvalue weighted by atomic mass is 10.7. The van der Waals surface area contributed by atoms with E-state index in [4.69, 9.17) is 4.42 Å². The van der Waals surface area contributed by atoms with Gasteiger partial charge in [0.1, 0.15) is 0 Å². The van der Waals surface area contributed by atoms with E-state index in [1.165, 1.54) is 0 Å². The fraction of sp³-hybridized carbons (Fsp3) is 0. The largest absolute Gasteiger partial charge is 0.431 e. The van der Waals surface area contributed by atoms with Gasteiger partial charge in [0.15, 0.2) is 0 Å². The molecule has 0 saturated heterocycles. The second kappa shape index (κ2) is 0.469. The Balaban J connectivity index is 2.88. The standard InChI is InChI=1S/C4H2O2/c1-2-5-4-3(1)6-4/h1-2H. The molecule has 30 valence electrons. The van der Waals surface area contributed by atoms with Crippen LogP contribution >= 0.6 is 0 Å². The molecule has 0 saturated carbocycles. The monoisotopic (exact) mass is 82.0 g/mol. The van der Waals surface area contributed by atoms with Crippen molar-refractivity contribution in [2.45, 2.75) is 0 Å². The minimum atomic E-state index is 0.676. The van der Waals surface area contributed by atoms with Gasteiger partial charge in [0.05, 0.1) is 6.26 Å². The Morgan fingerprint density at radius 2 is 2.50 bits per heavy atom. The highest BCUT2D eigenvalue weighted by atomic mass is 16.7. The molecule has 0 atom stereocenters. The summed E-state index contributed by atoms with van der Waals surface area (Å²) in [5.74, 6) is 1.56. The summed E-state index contributed by atoms with van der Waals surface area (Å²) in [6, 6.07) is 1.79. The van der Waals surface area contributed by atoms with Gasteiger partial charge in [-0.05, 0) is 0 Å². The van der Waals surface area contributed by atoms with Crippen molar-refractivity contribution in [2.75, 3.05) is 0 Å². The van der Waals surface area contributed by atoms with E-state index in [2.05, 4.69) is 4.74 Å². The number of fused-ring (bicyclic) bond motifs is 1. The molecular formula is C4H2O2. The molecule has 0 bridgehead atoms. The molecule has 0 radical (unpaired) electrons. The quantitative estimate of drug-likeness (QED) is 0.449. The molecule has 0 aliphatic carbocycles. The molecule has 6 heavy (non-hydrogen) atoms. The average molecular weight is 82.1 g/mol. The van der Waals surface area contributed by atoms with Crippen LogP contribution in [0.3, 0.4) is 0 Å². The van der Waals surface area contributed by atoms with E-state index in [1.54, 1.807) is 12.3 Å². The van der Waals surface area contributed by atoms with E-state index < -0.39 is 0 Å². The molecule has 2 heterocycles. The third-order valence-corrected chi connectivity index (χ3v) is 0.757. The van der Waals surface area contributed by atoms with Gasteiger partial charge in [0.25, 0.3) is 0 Å². The maximum absolute atomic E-state index is 4.70. The van der Waals surface area contributed by atoms with Gasteiger partial charge in [-0.2, -0.15) is 0 Å². The van der Waals surface area contributed by atoms with Crippen LogP contribution in [0.2, 0.25) is 0 Å². The van der Waals surface area contributed by atoms with Crippen molar-refractivity contribution in [3.8, 4) is 11.7 Å². The van der Waals surface area contributed by atoms with Crippen LogP contribution in [0.15, 0.2) is 16.7 Å². The Labute approximate surface area is 34.3 Å². The lowest BCUT2D eigenvalue weighted by Gasteiger charge is -1.63. The average Bonchev–Trinajstić information content (AvgIpc) is 2.17. The highest BCUT2D eigenvalue weighted by Gasteiger charge is 2.23. The third kappa shape index (κ3) is 0.109. The molecule has 0 N–H and O–H groups in total. The summed E-state index contributed by atoms with van der Waals surface area (Å²) < 4.78 is 9.38.